The van der Waals surface area contributed by atoms with Gasteiger partial charge in [0, 0.05) is 34.9 Å². The third-order valence-corrected chi connectivity index (χ3v) is 4.49. The highest BCUT2D eigenvalue weighted by Gasteiger charge is 2.06. The maximum atomic E-state index is 9.35. The zero-order valence-corrected chi connectivity index (χ0v) is 11.7. The fraction of sp³-hybridized carbons (Fsp3) is 0.267. The number of hydrogen-bond acceptors (Lipinski definition) is 3. The molecule has 0 fully saturated rings. The number of nitrogens with zero attached hydrogens (tertiary/aromatic N) is 2. The Kier molecular flexibility index (Phi) is 3.36. The van der Waals surface area contributed by atoms with Crippen molar-refractivity contribution in [2.24, 2.45) is 0 Å². The highest BCUT2D eigenvalue weighted by Crippen LogP contribution is 2.21. The molecule has 3 rings (SSSR count). The maximum Gasteiger partial charge on any atom is 0.0797 e. The summed E-state index contributed by atoms with van der Waals surface area (Å²) < 4.78 is 2.24. The number of thiazole rings is 1. The van der Waals surface area contributed by atoms with Gasteiger partial charge in [0.05, 0.1) is 17.8 Å². The lowest BCUT2D eigenvalue weighted by atomic mass is 10.1. The first kappa shape index (κ1) is 12.4. The molecule has 0 spiro atoms. The largest absolute Gasteiger partial charge is 0.392 e. The minimum atomic E-state index is 0.0926. The van der Waals surface area contributed by atoms with Crippen LogP contribution in [-0.2, 0) is 19.6 Å². The van der Waals surface area contributed by atoms with Crippen LogP contribution in [0.4, 0.5) is 0 Å². The Hall–Kier alpha value is -1.65. The zero-order chi connectivity index (χ0) is 13.2. The van der Waals surface area contributed by atoms with E-state index < -0.39 is 0 Å². The van der Waals surface area contributed by atoms with Crippen molar-refractivity contribution in [2.75, 3.05) is 0 Å². The smallest absolute Gasteiger partial charge is 0.0797 e. The van der Waals surface area contributed by atoms with Gasteiger partial charge in [-0.25, -0.2) is 4.98 Å². The molecule has 1 N–H and O–H groups in total. The van der Waals surface area contributed by atoms with Crippen molar-refractivity contribution in [3.63, 3.8) is 0 Å². The van der Waals surface area contributed by atoms with Crippen molar-refractivity contribution in [1.29, 1.82) is 0 Å². The fourth-order valence-corrected chi connectivity index (χ4v) is 3.18. The molecule has 2 aromatic heterocycles. The van der Waals surface area contributed by atoms with Crippen molar-refractivity contribution in [2.45, 2.75) is 26.5 Å². The summed E-state index contributed by atoms with van der Waals surface area (Å²) in [6.45, 7) is 3.10. The van der Waals surface area contributed by atoms with Crippen LogP contribution in [0.1, 0.15) is 16.1 Å². The Morgan fingerprint density at radius 3 is 2.95 bits per heavy atom. The van der Waals surface area contributed by atoms with Gasteiger partial charge in [-0.1, -0.05) is 12.1 Å². The second-order valence-corrected chi connectivity index (χ2v) is 5.57. The standard InChI is InChI=1S/C15H16N2OS/c1-11-15(19-10-16-11)6-8-17-7-5-13-12(9-18)3-2-4-14(13)17/h2-5,7,10,18H,6,8-9H2,1H3. The normalized spacial score (nSPS) is 11.3. The molecule has 98 valence electrons. The number of hydrogen-bond donors (Lipinski definition) is 1. The van der Waals surface area contributed by atoms with Crippen LogP contribution in [-0.4, -0.2) is 14.7 Å². The van der Waals surface area contributed by atoms with Gasteiger partial charge in [-0.2, -0.15) is 0 Å². The fourth-order valence-electron chi connectivity index (χ4n) is 2.41. The van der Waals surface area contributed by atoms with Gasteiger partial charge in [-0.15, -0.1) is 11.3 Å². The van der Waals surface area contributed by atoms with E-state index in [-0.39, 0.29) is 6.61 Å². The number of aliphatic hydroxyl groups excluding tert-OH is 1. The molecule has 0 aliphatic carbocycles. The van der Waals surface area contributed by atoms with Gasteiger partial charge in [0.1, 0.15) is 0 Å². The summed E-state index contributed by atoms with van der Waals surface area (Å²) in [7, 11) is 0. The van der Waals surface area contributed by atoms with Gasteiger partial charge in [0.2, 0.25) is 0 Å². The second kappa shape index (κ2) is 5.15. The molecule has 19 heavy (non-hydrogen) atoms. The molecule has 3 aromatic rings. The number of rotatable bonds is 4. The van der Waals surface area contributed by atoms with E-state index in [0.29, 0.717) is 0 Å². The molecule has 0 aliphatic heterocycles. The Labute approximate surface area is 116 Å². The van der Waals surface area contributed by atoms with Gasteiger partial charge in [-0.05, 0) is 24.6 Å². The third-order valence-electron chi connectivity index (χ3n) is 3.50. The Morgan fingerprint density at radius 2 is 2.21 bits per heavy atom. The highest BCUT2D eigenvalue weighted by molar-refractivity contribution is 7.09. The summed E-state index contributed by atoms with van der Waals surface area (Å²) in [5.74, 6) is 0. The summed E-state index contributed by atoms with van der Waals surface area (Å²) in [6, 6.07) is 8.16. The van der Waals surface area contributed by atoms with Crippen LogP contribution in [0.2, 0.25) is 0 Å². The first-order valence-corrected chi connectivity index (χ1v) is 7.24. The van der Waals surface area contributed by atoms with E-state index in [0.717, 1.165) is 29.6 Å². The molecule has 0 aliphatic rings. The van der Waals surface area contributed by atoms with Crippen LogP contribution in [0.25, 0.3) is 10.9 Å². The van der Waals surface area contributed by atoms with E-state index in [1.807, 2.05) is 17.6 Å². The minimum absolute atomic E-state index is 0.0926. The molecule has 0 amide bonds. The lowest BCUT2D eigenvalue weighted by molar-refractivity contribution is 0.283. The molecular formula is C15H16N2OS. The lowest BCUT2D eigenvalue weighted by Crippen LogP contribution is -1.99. The van der Waals surface area contributed by atoms with Crippen LogP contribution >= 0.6 is 11.3 Å². The second-order valence-electron chi connectivity index (χ2n) is 4.63. The summed E-state index contributed by atoms with van der Waals surface area (Å²) >= 11 is 1.72. The van der Waals surface area contributed by atoms with E-state index in [2.05, 4.69) is 34.8 Å². The molecule has 0 saturated carbocycles. The SMILES string of the molecule is Cc1ncsc1CCn1ccc2c(CO)cccc21. The predicted octanol–water partition coefficient (Wildman–Crippen LogP) is 3.14. The van der Waals surface area contributed by atoms with Crippen LogP contribution in [0.15, 0.2) is 36.0 Å². The van der Waals surface area contributed by atoms with Gasteiger partial charge >= 0.3 is 0 Å². The molecule has 0 unspecified atom stereocenters. The first-order chi connectivity index (χ1) is 9.29. The van der Waals surface area contributed by atoms with Crippen molar-refractivity contribution in [3.8, 4) is 0 Å². The number of aryl methyl sites for hydroxylation is 3. The quantitative estimate of drug-likeness (QED) is 0.792. The van der Waals surface area contributed by atoms with Gasteiger partial charge in [0.15, 0.2) is 0 Å². The van der Waals surface area contributed by atoms with E-state index in [9.17, 15) is 5.11 Å². The third kappa shape index (κ3) is 2.29. The average molecular weight is 272 g/mol. The maximum absolute atomic E-state index is 9.35. The van der Waals surface area contributed by atoms with Crippen LogP contribution in [0.3, 0.4) is 0 Å². The number of aromatic nitrogens is 2. The van der Waals surface area contributed by atoms with Crippen LogP contribution in [0.5, 0.6) is 0 Å². The Balaban J connectivity index is 1.88. The van der Waals surface area contributed by atoms with E-state index >= 15 is 0 Å². The van der Waals surface area contributed by atoms with Gasteiger partial charge < -0.3 is 9.67 Å². The van der Waals surface area contributed by atoms with Gasteiger partial charge in [0.25, 0.3) is 0 Å². The van der Waals surface area contributed by atoms with E-state index in [4.69, 9.17) is 0 Å². The van der Waals surface area contributed by atoms with Crippen LogP contribution in [0, 0.1) is 6.92 Å². The number of benzene rings is 1. The minimum Gasteiger partial charge on any atom is -0.392 e. The summed E-state index contributed by atoms with van der Waals surface area (Å²) in [4.78, 5) is 5.63. The molecule has 4 heteroatoms. The predicted molar refractivity (Wildman–Crippen MR) is 78.4 cm³/mol. The zero-order valence-electron chi connectivity index (χ0n) is 10.8. The van der Waals surface area contributed by atoms with Crippen LogP contribution < -0.4 is 0 Å². The molecule has 1 aromatic carbocycles. The molecule has 0 atom stereocenters. The molecule has 0 bridgehead atoms. The Bertz CT molecular complexity index is 699. The number of fused-ring (bicyclic) bond motifs is 1. The van der Waals surface area contributed by atoms with Crippen molar-refractivity contribution in [1.82, 2.24) is 9.55 Å². The van der Waals surface area contributed by atoms with E-state index in [1.54, 1.807) is 11.3 Å². The molecule has 2 heterocycles. The topological polar surface area (TPSA) is 38.0 Å². The average Bonchev–Trinajstić information content (AvgIpc) is 3.02. The summed E-state index contributed by atoms with van der Waals surface area (Å²) in [6.07, 6.45) is 3.10. The number of aliphatic hydroxyl groups is 1. The lowest BCUT2D eigenvalue weighted by Gasteiger charge is -2.06. The molecule has 3 nitrogen and oxygen atoms in total. The van der Waals surface area contributed by atoms with E-state index in [1.165, 1.54) is 10.4 Å². The summed E-state index contributed by atoms with van der Waals surface area (Å²) in [5.41, 5.74) is 5.22. The monoisotopic (exact) mass is 272 g/mol. The summed E-state index contributed by atoms with van der Waals surface area (Å²) in [5, 5.41) is 10.5. The first-order valence-electron chi connectivity index (χ1n) is 6.36. The van der Waals surface area contributed by atoms with Crippen molar-refractivity contribution < 1.29 is 5.11 Å². The van der Waals surface area contributed by atoms with Crippen molar-refractivity contribution in [3.05, 3.63) is 52.1 Å². The van der Waals surface area contributed by atoms with Gasteiger partial charge in [-0.3, -0.25) is 0 Å². The molecule has 0 radical (unpaired) electrons. The highest BCUT2D eigenvalue weighted by atomic mass is 32.1. The molecule has 0 saturated heterocycles. The molecular weight excluding hydrogens is 256 g/mol. The van der Waals surface area contributed by atoms with Crippen molar-refractivity contribution >= 4 is 22.2 Å². The Morgan fingerprint density at radius 1 is 1.32 bits per heavy atom.